The van der Waals surface area contributed by atoms with Crippen molar-refractivity contribution < 1.29 is 4.74 Å². The van der Waals surface area contributed by atoms with Gasteiger partial charge in [0.05, 0.1) is 6.10 Å². The van der Waals surface area contributed by atoms with Gasteiger partial charge in [-0.3, -0.25) is 0 Å². The Hall–Kier alpha value is -0.560. The molecule has 15 heavy (non-hydrogen) atoms. The van der Waals surface area contributed by atoms with Gasteiger partial charge in [-0.2, -0.15) is 0 Å². The molecule has 0 saturated heterocycles. The summed E-state index contributed by atoms with van der Waals surface area (Å²) in [6.45, 7) is 10.6. The molecule has 0 aromatic rings. The Morgan fingerprint density at radius 3 is 2.73 bits per heavy atom. The topological polar surface area (TPSA) is 9.23 Å². The van der Waals surface area contributed by atoms with Crippen LogP contribution in [0.1, 0.15) is 33.6 Å². The molecule has 0 saturated carbocycles. The van der Waals surface area contributed by atoms with E-state index in [1.807, 2.05) is 13.2 Å². The highest BCUT2D eigenvalue weighted by molar-refractivity contribution is 5.13. The van der Waals surface area contributed by atoms with Gasteiger partial charge in [-0.15, -0.1) is 6.58 Å². The monoisotopic (exact) mass is 208 g/mol. The van der Waals surface area contributed by atoms with Crippen molar-refractivity contribution in [3.05, 3.63) is 24.3 Å². The zero-order chi connectivity index (χ0) is 11.4. The van der Waals surface area contributed by atoms with Crippen LogP contribution in [0.2, 0.25) is 0 Å². The van der Waals surface area contributed by atoms with Crippen molar-refractivity contribution in [2.75, 3.05) is 7.11 Å². The fraction of sp³-hybridized carbons (Fsp3) is 0.714. The molecule has 0 amide bonds. The van der Waals surface area contributed by atoms with E-state index in [1.54, 1.807) is 0 Å². The van der Waals surface area contributed by atoms with Gasteiger partial charge in [0.1, 0.15) is 0 Å². The molecule has 0 radical (unpaired) electrons. The summed E-state index contributed by atoms with van der Waals surface area (Å²) in [6, 6.07) is 0. The standard InChI is InChI=1S/C14H24O/c1-6-7-13-11(4)8-9-12(10(2)3)14(13)15-5/h6,8,10,12-14H,1,7,9H2,2-5H3. The summed E-state index contributed by atoms with van der Waals surface area (Å²) >= 11 is 0. The van der Waals surface area contributed by atoms with E-state index in [1.165, 1.54) is 5.57 Å². The second kappa shape index (κ2) is 5.50. The van der Waals surface area contributed by atoms with Crippen molar-refractivity contribution in [2.45, 2.75) is 39.7 Å². The molecule has 0 fully saturated rings. The van der Waals surface area contributed by atoms with Gasteiger partial charge in [0.15, 0.2) is 0 Å². The third-order valence-electron chi connectivity index (χ3n) is 3.66. The quantitative estimate of drug-likeness (QED) is 0.638. The summed E-state index contributed by atoms with van der Waals surface area (Å²) in [7, 11) is 1.84. The van der Waals surface area contributed by atoms with Gasteiger partial charge in [0.25, 0.3) is 0 Å². The predicted octanol–water partition coefficient (Wildman–Crippen LogP) is 3.82. The largest absolute Gasteiger partial charge is 0.381 e. The number of methoxy groups -OCH3 is 1. The third-order valence-corrected chi connectivity index (χ3v) is 3.66. The molecule has 0 N–H and O–H groups in total. The van der Waals surface area contributed by atoms with Crippen LogP contribution in [-0.4, -0.2) is 13.2 Å². The average molecular weight is 208 g/mol. The molecule has 1 rings (SSSR count). The molecule has 0 heterocycles. The Bertz CT molecular complexity index is 240. The average Bonchev–Trinajstić information content (AvgIpc) is 2.20. The molecule has 0 bridgehead atoms. The summed E-state index contributed by atoms with van der Waals surface area (Å²) in [4.78, 5) is 0. The molecule has 3 unspecified atom stereocenters. The minimum absolute atomic E-state index is 0.369. The highest BCUT2D eigenvalue weighted by atomic mass is 16.5. The van der Waals surface area contributed by atoms with E-state index in [9.17, 15) is 0 Å². The second-order valence-electron chi connectivity index (χ2n) is 4.92. The van der Waals surface area contributed by atoms with Crippen molar-refractivity contribution in [1.82, 2.24) is 0 Å². The Morgan fingerprint density at radius 2 is 2.27 bits per heavy atom. The van der Waals surface area contributed by atoms with E-state index in [2.05, 4.69) is 33.4 Å². The summed E-state index contributed by atoms with van der Waals surface area (Å²) < 4.78 is 5.71. The molecule has 1 heteroatoms. The zero-order valence-corrected chi connectivity index (χ0v) is 10.5. The van der Waals surface area contributed by atoms with Crippen LogP contribution in [0.5, 0.6) is 0 Å². The van der Waals surface area contributed by atoms with Crippen LogP contribution < -0.4 is 0 Å². The number of allylic oxidation sites excluding steroid dienone is 2. The molecule has 0 aromatic heterocycles. The summed E-state index contributed by atoms with van der Waals surface area (Å²) in [6.07, 6.45) is 6.96. The molecule has 0 aromatic carbocycles. The van der Waals surface area contributed by atoms with Gasteiger partial charge in [-0.1, -0.05) is 31.6 Å². The van der Waals surface area contributed by atoms with Crippen LogP contribution in [0.25, 0.3) is 0 Å². The number of hydrogen-bond donors (Lipinski definition) is 0. The van der Waals surface area contributed by atoms with Crippen molar-refractivity contribution in [3.63, 3.8) is 0 Å². The molecule has 1 aliphatic rings. The number of hydrogen-bond acceptors (Lipinski definition) is 1. The lowest BCUT2D eigenvalue weighted by molar-refractivity contribution is -0.00389. The first-order chi connectivity index (χ1) is 7.11. The Balaban J connectivity index is 2.86. The lowest BCUT2D eigenvalue weighted by Crippen LogP contribution is -2.37. The molecule has 1 aliphatic carbocycles. The smallest absolute Gasteiger partial charge is 0.0672 e. The van der Waals surface area contributed by atoms with Crippen molar-refractivity contribution >= 4 is 0 Å². The normalized spacial score (nSPS) is 31.5. The van der Waals surface area contributed by atoms with Gasteiger partial charge in [0.2, 0.25) is 0 Å². The first-order valence-corrected chi connectivity index (χ1v) is 5.92. The molecular formula is C14H24O. The van der Waals surface area contributed by atoms with E-state index in [0.29, 0.717) is 23.9 Å². The highest BCUT2D eigenvalue weighted by Crippen LogP contribution is 2.37. The van der Waals surface area contributed by atoms with Gasteiger partial charge < -0.3 is 4.74 Å². The number of rotatable bonds is 4. The van der Waals surface area contributed by atoms with E-state index in [-0.39, 0.29) is 0 Å². The summed E-state index contributed by atoms with van der Waals surface area (Å²) in [5.41, 5.74) is 1.47. The number of ether oxygens (including phenoxy) is 1. The maximum absolute atomic E-state index is 5.71. The molecule has 86 valence electrons. The van der Waals surface area contributed by atoms with Gasteiger partial charge >= 0.3 is 0 Å². The van der Waals surface area contributed by atoms with E-state index in [0.717, 1.165) is 12.8 Å². The summed E-state index contributed by atoms with van der Waals surface area (Å²) in [5, 5.41) is 0. The lowest BCUT2D eigenvalue weighted by Gasteiger charge is -2.38. The van der Waals surface area contributed by atoms with Gasteiger partial charge in [-0.05, 0) is 31.6 Å². The van der Waals surface area contributed by atoms with Crippen LogP contribution in [0.4, 0.5) is 0 Å². The fourth-order valence-electron chi connectivity index (χ4n) is 2.66. The third kappa shape index (κ3) is 2.72. The van der Waals surface area contributed by atoms with Crippen LogP contribution >= 0.6 is 0 Å². The van der Waals surface area contributed by atoms with Gasteiger partial charge in [-0.25, -0.2) is 0 Å². The van der Waals surface area contributed by atoms with E-state index >= 15 is 0 Å². The predicted molar refractivity (Wildman–Crippen MR) is 65.8 cm³/mol. The van der Waals surface area contributed by atoms with Crippen LogP contribution in [-0.2, 0) is 4.74 Å². The second-order valence-corrected chi connectivity index (χ2v) is 4.92. The Labute approximate surface area is 94.2 Å². The van der Waals surface area contributed by atoms with Crippen molar-refractivity contribution in [2.24, 2.45) is 17.8 Å². The van der Waals surface area contributed by atoms with E-state index < -0.39 is 0 Å². The first-order valence-electron chi connectivity index (χ1n) is 5.92. The molecule has 0 aliphatic heterocycles. The SMILES string of the molecule is C=CCC1C(C)=CCC(C(C)C)C1OC. The van der Waals surface area contributed by atoms with Gasteiger partial charge in [0, 0.05) is 13.0 Å². The zero-order valence-electron chi connectivity index (χ0n) is 10.5. The highest BCUT2D eigenvalue weighted by Gasteiger charge is 2.34. The van der Waals surface area contributed by atoms with E-state index in [4.69, 9.17) is 4.74 Å². The Morgan fingerprint density at radius 1 is 1.60 bits per heavy atom. The lowest BCUT2D eigenvalue weighted by atomic mass is 9.73. The molecule has 0 spiro atoms. The Kier molecular flexibility index (Phi) is 4.59. The van der Waals surface area contributed by atoms with Crippen LogP contribution in [0.15, 0.2) is 24.3 Å². The fourth-order valence-corrected chi connectivity index (χ4v) is 2.66. The van der Waals surface area contributed by atoms with Crippen molar-refractivity contribution in [1.29, 1.82) is 0 Å². The first kappa shape index (κ1) is 12.5. The maximum atomic E-state index is 5.71. The van der Waals surface area contributed by atoms with Crippen molar-refractivity contribution in [3.8, 4) is 0 Å². The van der Waals surface area contributed by atoms with Crippen LogP contribution in [0.3, 0.4) is 0 Å². The molecule has 3 atom stereocenters. The molecular weight excluding hydrogens is 184 g/mol. The van der Waals surface area contributed by atoms with Crippen LogP contribution in [0, 0.1) is 17.8 Å². The molecule has 1 nitrogen and oxygen atoms in total. The maximum Gasteiger partial charge on any atom is 0.0672 e. The minimum atomic E-state index is 0.369. The minimum Gasteiger partial charge on any atom is -0.381 e. The summed E-state index contributed by atoms with van der Waals surface area (Å²) in [5.74, 6) is 1.88.